The molecule has 0 radical (unpaired) electrons. The van der Waals surface area contributed by atoms with Crippen LogP contribution in [-0.4, -0.2) is 19.1 Å². The zero-order chi connectivity index (χ0) is 18.9. The SMILES string of the molecule is C/C(=N/NS(=O)(=O)c1ccc(C)c([N+](=O)[O-])c1)c1cc2ccccc2o1. The summed E-state index contributed by atoms with van der Waals surface area (Å²) in [6.45, 7) is 3.13. The second-order valence-corrected chi connectivity index (χ2v) is 7.31. The molecule has 0 spiro atoms. The second-order valence-electron chi connectivity index (χ2n) is 5.65. The van der Waals surface area contributed by atoms with E-state index in [-0.39, 0.29) is 10.6 Å². The highest BCUT2D eigenvalue weighted by Crippen LogP contribution is 2.22. The number of rotatable bonds is 5. The summed E-state index contributed by atoms with van der Waals surface area (Å²) in [5.41, 5.74) is 1.09. The molecule has 3 rings (SSSR count). The van der Waals surface area contributed by atoms with Gasteiger partial charge in [-0.15, -0.1) is 0 Å². The van der Waals surface area contributed by atoms with Gasteiger partial charge in [-0.3, -0.25) is 10.1 Å². The van der Waals surface area contributed by atoms with Crippen LogP contribution in [-0.2, 0) is 10.0 Å². The predicted molar refractivity (Wildman–Crippen MR) is 96.6 cm³/mol. The predicted octanol–water partition coefficient (Wildman–Crippen LogP) is 3.35. The number of nitro benzene ring substituents is 1. The van der Waals surface area contributed by atoms with Crippen LogP contribution < -0.4 is 4.83 Å². The van der Waals surface area contributed by atoms with Crippen molar-refractivity contribution in [1.82, 2.24) is 4.83 Å². The number of hydrazone groups is 1. The van der Waals surface area contributed by atoms with Crippen LogP contribution in [0.1, 0.15) is 18.2 Å². The van der Waals surface area contributed by atoms with E-state index in [2.05, 4.69) is 9.93 Å². The van der Waals surface area contributed by atoms with E-state index in [4.69, 9.17) is 4.42 Å². The summed E-state index contributed by atoms with van der Waals surface area (Å²) in [5, 5.41) is 15.7. The standard InChI is InChI=1S/C17H15N3O5S/c1-11-7-8-14(10-15(11)20(21)22)26(23,24)19-18-12(2)17-9-13-5-3-4-6-16(13)25-17/h3-10,19H,1-2H3/b18-12-. The monoisotopic (exact) mass is 373 g/mol. The smallest absolute Gasteiger partial charge is 0.276 e. The minimum absolute atomic E-state index is 0.240. The largest absolute Gasteiger partial charge is 0.455 e. The highest BCUT2D eigenvalue weighted by atomic mass is 32.2. The van der Waals surface area contributed by atoms with Crippen molar-refractivity contribution in [3.05, 3.63) is 70.0 Å². The van der Waals surface area contributed by atoms with Gasteiger partial charge in [0.1, 0.15) is 11.3 Å². The fourth-order valence-corrected chi connectivity index (χ4v) is 3.23. The highest BCUT2D eigenvalue weighted by molar-refractivity contribution is 7.89. The first-order chi connectivity index (χ1) is 12.3. The number of nitrogens with zero attached hydrogens (tertiary/aromatic N) is 2. The Kier molecular flexibility index (Phi) is 4.47. The molecule has 2 aromatic carbocycles. The van der Waals surface area contributed by atoms with Crippen LogP contribution in [0.4, 0.5) is 5.69 Å². The number of para-hydroxylation sites is 1. The van der Waals surface area contributed by atoms with Gasteiger partial charge < -0.3 is 4.42 Å². The Labute approximate surface area is 149 Å². The number of fused-ring (bicyclic) bond motifs is 1. The lowest BCUT2D eigenvalue weighted by molar-refractivity contribution is -0.385. The Morgan fingerprint density at radius 2 is 1.92 bits per heavy atom. The Bertz CT molecular complexity index is 1100. The molecule has 0 bridgehead atoms. The zero-order valence-electron chi connectivity index (χ0n) is 14.0. The number of aryl methyl sites for hydroxylation is 1. The van der Waals surface area contributed by atoms with E-state index in [9.17, 15) is 18.5 Å². The molecule has 0 fully saturated rings. The third-order valence-corrected chi connectivity index (χ3v) is 5.01. The van der Waals surface area contributed by atoms with Crippen molar-refractivity contribution in [3.63, 3.8) is 0 Å². The van der Waals surface area contributed by atoms with Gasteiger partial charge in [-0.1, -0.05) is 24.3 Å². The van der Waals surface area contributed by atoms with E-state index in [1.807, 2.05) is 18.2 Å². The van der Waals surface area contributed by atoms with Crippen molar-refractivity contribution >= 4 is 32.4 Å². The van der Waals surface area contributed by atoms with Gasteiger partial charge in [0.15, 0.2) is 5.76 Å². The van der Waals surface area contributed by atoms with Crippen molar-refractivity contribution in [1.29, 1.82) is 0 Å². The Morgan fingerprint density at radius 1 is 1.19 bits per heavy atom. The number of nitrogens with one attached hydrogen (secondary N) is 1. The van der Waals surface area contributed by atoms with Crippen molar-refractivity contribution in [3.8, 4) is 0 Å². The van der Waals surface area contributed by atoms with E-state index in [0.29, 0.717) is 22.6 Å². The van der Waals surface area contributed by atoms with Gasteiger partial charge in [0.2, 0.25) is 0 Å². The van der Waals surface area contributed by atoms with Crippen LogP contribution in [0.2, 0.25) is 0 Å². The average molecular weight is 373 g/mol. The molecule has 0 amide bonds. The number of benzene rings is 2. The summed E-state index contributed by atoms with van der Waals surface area (Å²) in [7, 11) is -4.05. The maximum Gasteiger partial charge on any atom is 0.276 e. The van der Waals surface area contributed by atoms with Crippen LogP contribution in [0.5, 0.6) is 0 Å². The highest BCUT2D eigenvalue weighted by Gasteiger charge is 2.19. The Hall–Kier alpha value is -3.20. The summed E-state index contributed by atoms with van der Waals surface area (Å²) in [6.07, 6.45) is 0. The van der Waals surface area contributed by atoms with Crippen molar-refractivity contribution < 1.29 is 17.8 Å². The molecule has 0 unspecified atom stereocenters. The second kappa shape index (κ2) is 6.60. The van der Waals surface area contributed by atoms with Gasteiger partial charge in [0, 0.05) is 17.0 Å². The summed E-state index contributed by atoms with van der Waals surface area (Å²) in [5.74, 6) is 0.420. The average Bonchev–Trinajstić information content (AvgIpc) is 3.04. The van der Waals surface area contributed by atoms with Crippen molar-refractivity contribution in [2.45, 2.75) is 18.7 Å². The van der Waals surface area contributed by atoms with Crippen LogP contribution in [0.15, 0.2) is 62.9 Å². The lowest BCUT2D eigenvalue weighted by Crippen LogP contribution is -2.20. The normalized spacial score (nSPS) is 12.3. The van der Waals surface area contributed by atoms with Crippen LogP contribution in [0.3, 0.4) is 0 Å². The van der Waals surface area contributed by atoms with Crippen LogP contribution in [0, 0.1) is 17.0 Å². The van der Waals surface area contributed by atoms with Crippen molar-refractivity contribution in [2.75, 3.05) is 0 Å². The van der Waals surface area contributed by atoms with E-state index in [1.165, 1.54) is 19.1 Å². The van der Waals surface area contributed by atoms with Gasteiger partial charge in [-0.2, -0.15) is 18.4 Å². The molecular formula is C17H15N3O5S. The molecule has 1 aromatic heterocycles. The van der Waals surface area contributed by atoms with Crippen LogP contribution >= 0.6 is 0 Å². The van der Waals surface area contributed by atoms with Crippen LogP contribution in [0.25, 0.3) is 11.0 Å². The molecule has 26 heavy (non-hydrogen) atoms. The minimum Gasteiger partial charge on any atom is -0.455 e. The van der Waals surface area contributed by atoms with Crippen molar-refractivity contribution in [2.24, 2.45) is 5.10 Å². The molecule has 0 atom stereocenters. The first kappa shape index (κ1) is 17.6. The Balaban J connectivity index is 1.88. The number of nitro groups is 1. The molecule has 134 valence electrons. The third-order valence-electron chi connectivity index (χ3n) is 3.80. The molecular weight excluding hydrogens is 358 g/mol. The fraction of sp³-hybridized carbons (Fsp3) is 0.118. The van der Waals surface area contributed by atoms with E-state index in [0.717, 1.165) is 11.5 Å². The molecule has 0 aliphatic heterocycles. The molecule has 0 saturated carbocycles. The molecule has 0 saturated heterocycles. The number of furan rings is 1. The summed E-state index contributed by atoms with van der Waals surface area (Å²) in [4.78, 5) is 12.2. The summed E-state index contributed by atoms with van der Waals surface area (Å²) >= 11 is 0. The maximum absolute atomic E-state index is 12.4. The van der Waals surface area contributed by atoms with Gasteiger partial charge in [-0.25, -0.2) is 0 Å². The maximum atomic E-state index is 12.4. The number of sulfonamides is 1. The third kappa shape index (κ3) is 3.42. The summed E-state index contributed by atoms with van der Waals surface area (Å²) < 4.78 is 30.3. The molecule has 1 heterocycles. The van der Waals surface area contributed by atoms with E-state index >= 15 is 0 Å². The molecule has 3 aromatic rings. The quantitative estimate of drug-likeness (QED) is 0.418. The summed E-state index contributed by atoms with van der Waals surface area (Å²) in [6, 6.07) is 12.8. The molecule has 9 heteroatoms. The lowest BCUT2D eigenvalue weighted by atomic mass is 10.2. The van der Waals surface area contributed by atoms with Gasteiger partial charge in [0.25, 0.3) is 15.7 Å². The van der Waals surface area contributed by atoms with Gasteiger partial charge >= 0.3 is 0 Å². The lowest BCUT2D eigenvalue weighted by Gasteiger charge is -2.05. The Morgan fingerprint density at radius 3 is 2.62 bits per heavy atom. The van der Waals surface area contributed by atoms with Gasteiger partial charge in [0.05, 0.1) is 9.82 Å². The molecule has 0 aliphatic carbocycles. The zero-order valence-corrected chi connectivity index (χ0v) is 14.8. The first-order valence-electron chi connectivity index (χ1n) is 7.58. The van der Waals surface area contributed by atoms with E-state index < -0.39 is 14.9 Å². The minimum atomic E-state index is -4.05. The molecule has 8 nitrogen and oxygen atoms in total. The van der Waals surface area contributed by atoms with Gasteiger partial charge in [-0.05, 0) is 32.0 Å². The molecule has 0 aliphatic rings. The number of hydrogen-bond donors (Lipinski definition) is 1. The topological polar surface area (TPSA) is 115 Å². The van der Waals surface area contributed by atoms with E-state index in [1.54, 1.807) is 19.1 Å². The number of hydrogen-bond acceptors (Lipinski definition) is 6. The first-order valence-corrected chi connectivity index (χ1v) is 9.06. The fourth-order valence-electron chi connectivity index (χ4n) is 2.35. The molecule has 1 N–H and O–H groups in total.